The van der Waals surface area contributed by atoms with E-state index in [0.29, 0.717) is 6.42 Å². The van der Waals surface area contributed by atoms with E-state index in [9.17, 15) is 45.6 Å². The van der Waals surface area contributed by atoms with Crippen molar-refractivity contribution < 1.29 is 96.6 Å². The number of amidine groups is 1. The number of halogens is 1. The van der Waals surface area contributed by atoms with Crippen LogP contribution in [0.1, 0.15) is 52.4 Å². The van der Waals surface area contributed by atoms with Crippen LogP contribution in [0, 0.1) is 0 Å². The van der Waals surface area contributed by atoms with Gasteiger partial charge in [-0.3, -0.25) is 15.9 Å². The van der Waals surface area contributed by atoms with E-state index < -0.39 is 111 Å². The third-order valence-corrected chi connectivity index (χ3v) is 8.63. The Morgan fingerprint density at radius 2 is 1.32 bits per heavy atom. The van der Waals surface area contributed by atoms with Crippen molar-refractivity contribution in [1.29, 1.82) is 0 Å². The molecule has 0 aromatic heterocycles. The molecule has 3 aliphatic heterocycles. The highest BCUT2D eigenvalue weighted by atomic mass is 35.5. The lowest BCUT2D eigenvalue weighted by molar-refractivity contribution is -0.376. The Kier molecular flexibility index (Phi) is 19.7. The Labute approximate surface area is 296 Å². The van der Waals surface area contributed by atoms with Crippen LogP contribution < -0.4 is 28.9 Å². The number of amides is 1. The second kappa shape index (κ2) is 22.0. The number of carbonyl (C=O) groups is 1. The summed E-state index contributed by atoms with van der Waals surface area (Å²) < 4.78 is 40.1. The first-order chi connectivity index (χ1) is 23.3. The topological polar surface area (TPSA) is 307 Å². The molecule has 15 atom stereocenters. The Morgan fingerprint density at radius 1 is 0.740 bits per heavy atom. The van der Waals surface area contributed by atoms with Crippen molar-refractivity contribution in [2.45, 2.75) is 144 Å². The number of nitrogens with one attached hydrogen (secondary N) is 1. The van der Waals surface area contributed by atoms with E-state index in [1.165, 1.54) is 6.92 Å². The van der Waals surface area contributed by atoms with Gasteiger partial charge < -0.3 is 91.7 Å². The van der Waals surface area contributed by atoms with Crippen LogP contribution in [0.3, 0.4) is 0 Å². The maximum absolute atomic E-state index is 12.1. The standard InChI is InChI=1S/C30H55N3O16.ClH/c1-3-4-5-6-7-8-9-44-28-19(33-14(2)36)22(39)26(16(11-35)46-28)48-30-25(42)27(21(38)17(47-30)12-43-13-18(31)32)49-29-24(41)23(40)20(37)15(10-34)45-29;/h15-17,19-30,34-35,37-42H,3-13H2,1-2H3,(H3,31,32)(H,33,36);1H/t15-,16-,17-,19-,20+,21+,22-,23+,24-,25-,26-,27+,28-,29-,30+;/m1./s1. The summed E-state index contributed by atoms with van der Waals surface area (Å²) in [5, 5.41) is 92.7. The van der Waals surface area contributed by atoms with E-state index in [1.54, 1.807) is 0 Å². The van der Waals surface area contributed by atoms with Gasteiger partial charge in [0.15, 0.2) is 18.9 Å². The number of aliphatic hydroxyl groups is 8. The highest BCUT2D eigenvalue weighted by Crippen LogP contribution is 2.33. The summed E-state index contributed by atoms with van der Waals surface area (Å²) in [4.78, 5) is 12.1. The predicted octanol–water partition coefficient (Wildman–Crippen LogP) is -8.90. The molecule has 20 heteroatoms. The molecule has 13 N–H and O–H groups in total. The monoisotopic (exact) mass is 749 g/mol. The van der Waals surface area contributed by atoms with Crippen molar-refractivity contribution in [2.75, 3.05) is 33.0 Å². The number of nitrogens with two attached hydrogens (primary N) is 2. The minimum atomic E-state index is -1.89. The second-order valence-corrected chi connectivity index (χ2v) is 12.6. The average Bonchev–Trinajstić information content (AvgIpc) is 3.06. The molecule has 0 aromatic carbocycles. The molecule has 1 amide bonds. The van der Waals surface area contributed by atoms with Gasteiger partial charge in [0.05, 0.1) is 19.8 Å². The summed E-state index contributed by atoms with van der Waals surface area (Å²) in [5.41, 5.74) is 5.46. The number of hydrogen-bond acceptors (Lipinski definition) is 16. The number of rotatable bonds is 19. The minimum absolute atomic E-state index is 0. The van der Waals surface area contributed by atoms with Gasteiger partial charge in [0, 0.05) is 13.5 Å². The predicted molar refractivity (Wildman–Crippen MR) is 165 cm³/mol. The van der Waals surface area contributed by atoms with Crippen LogP contribution in [0.25, 0.3) is 0 Å². The molecule has 0 unspecified atom stereocenters. The fraction of sp³-hybridized carbons (Fsp3) is 0.933. The van der Waals surface area contributed by atoms with Gasteiger partial charge >= 0.3 is 0 Å². The van der Waals surface area contributed by atoms with Gasteiger partial charge in [0.25, 0.3) is 5.84 Å². The van der Waals surface area contributed by atoms with E-state index >= 15 is 0 Å². The lowest BCUT2D eigenvalue weighted by Gasteiger charge is -2.49. The first-order valence-corrected chi connectivity index (χ1v) is 16.7. The molecule has 3 saturated heterocycles. The summed E-state index contributed by atoms with van der Waals surface area (Å²) in [7, 11) is 0. The zero-order valence-corrected chi connectivity index (χ0v) is 29.1. The van der Waals surface area contributed by atoms with Gasteiger partial charge in [-0.15, -0.1) is 0 Å². The molecule has 0 radical (unpaired) electrons. The molecule has 0 bridgehead atoms. The maximum atomic E-state index is 12.1. The zero-order valence-electron chi connectivity index (χ0n) is 28.3. The third kappa shape index (κ3) is 12.1. The quantitative estimate of drug-likeness (QED) is 0.0332. The summed E-state index contributed by atoms with van der Waals surface area (Å²) in [6.07, 6.45) is -16.3. The van der Waals surface area contributed by atoms with Crippen molar-refractivity contribution in [1.82, 2.24) is 5.32 Å². The molecule has 50 heavy (non-hydrogen) atoms. The smallest absolute Gasteiger partial charge is 0.264 e. The SMILES string of the molecule is CCCCCCCCO[C@@H]1O[C@H](CO)[C@@H](O[C@@H]2O[C@H](COCC(N)=[NH2+])[C@H](O)[C@H](O[C@H]3O[C@H](CO)[C@H](O)[C@H](O)[C@H]3O)[C@H]2O)[C@H](O)[C@H]1NC(C)=O.[Cl-]. The molecule has 3 aliphatic rings. The van der Waals surface area contributed by atoms with Crippen LogP contribution in [-0.4, -0.2) is 178 Å². The first kappa shape index (κ1) is 44.8. The van der Waals surface area contributed by atoms with Crippen molar-refractivity contribution in [2.24, 2.45) is 5.73 Å². The first-order valence-electron chi connectivity index (χ1n) is 16.7. The second-order valence-electron chi connectivity index (χ2n) is 12.6. The van der Waals surface area contributed by atoms with Crippen molar-refractivity contribution in [3.63, 3.8) is 0 Å². The molecule has 3 heterocycles. The fourth-order valence-electron chi connectivity index (χ4n) is 5.94. The summed E-state index contributed by atoms with van der Waals surface area (Å²) in [6, 6.07) is -1.17. The van der Waals surface area contributed by atoms with Gasteiger partial charge in [-0.2, -0.15) is 0 Å². The number of carbonyl (C=O) groups excluding carboxylic acids is 1. The molecule has 294 valence electrons. The maximum Gasteiger partial charge on any atom is 0.264 e. The lowest BCUT2D eigenvalue weighted by Crippen LogP contribution is -3.00. The molecule has 19 nitrogen and oxygen atoms in total. The van der Waals surface area contributed by atoms with Gasteiger partial charge in [0.1, 0.15) is 79.8 Å². The van der Waals surface area contributed by atoms with Crippen molar-refractivity contribution in [3.8, 4) is 0 Å². The Hall–Kier alpha value is -1.37. The van der Waals surface area contributed by atoms with Gasteiger partial charge in [-0.05, 0) is 6.42 Å². The summed E-state index contributed by atoms with van der Waals surface area (Å²) in [5.74, 6) is -0.599. The molecular weight excluding hydrogens is 694 g/mol. The number of ether oxygens (including phenoxy) is 7. The molecule has 0 aliphatic carbocycles. The molecule has 0 spiro atoms. The van der Waals surface area contributed by atoms with Crippen molar-refractivity contribution >= 4 is 11.7 Å². The number of unbranched alkanes of at least 4 members (excludes halogenated alkanes) is 5. The van der Waals surface area contributed by atoms with Gasteiger partial charge in [-0.1, -0.05) is 39.0 Å². The largest absolute Gasteiger partial charge is 1.00 e. The summed E-state index contributed by atoms with van der Waals surface area (Å²) in [6.45, 7) is 1.56. The van der Waals surface area contributed by atoms with Crippen LogP contribution in [0.15, 0.2) is 0 Å². The van der Waals surface area contributed by atoms with Crippen LogP contribution in [0.5, 0.6) is 0 Å². The molecule has 0 saturated carbocycles. The van der Waals surface area contributed by atoms with Gasteiger partial charge in [-0.25, -0.2) is 0 Å². The van der Waals surface area contributed by atoms with Crippen LogP contribution in [0.2, 0.25) is 0 Å². The molecule has 3 rings (SSSR count). The van der Waals surface area contributed by atoms with Crippen molar-refractivity contribution in [3.05, 3.63) is 0 Å². The number of hydrogen-bond donors (Lipinski definition) is 11. The normalized spacial score (nSPS) is 39.0. The van der Waals surface area contributed by atoms with E-state index in [2.05, 4.69) is 12.2 Å². The molecule has 3 fully saturated rings. The van der Waals surface area contributed by atoms with E-state index in [-0.39, 0.29) is 38.1 Å². The van der Waals surface area contributed by atoms with Gasteiger partial charge in [0.2, 0.25) is 5.91 Å². The van der Waals surface area contributed by atoms with E-state index in [4.69, 9.17) is 44.3 Å². The van der Waals surface area contributed by atoms with Crippen LogP contribution >= 0.6 is 0 Å². The van der Waals surface area contributed by atoms with E-state index in [1.807, 2.05) is 0 Å². The highest BCUT2D eigenvalue weighted by molar-refractivity contribution is 5.75. The highest BCUT2D eigenvalue weighted by Gasteiger charge is 2.54. The summed E-state index contributed by atoms with van der Waals surface area (Å²) >= 11 is 0. The third-order valence-electron chi connectivity index (χ3n) is 8.63. The molecular formula is C30H56ClN3O16. The Morgan fingerprint density at radius 3 is 1.94 bits per heavy atom. The zero-order chi connectivity index (χ0) is 36.2. The van der Waals surface area contributed by atoms with E-state index in [0.717, 1.165) is 32.1 Å². The Bertz CT molecular complexity index is 1010. The number of aliphatic hydroxyl groups excluding tert-OH is 8. The lowest BCUT2D eigenvalue weighted by atomic mass is 9.95. The van der Waals surface area contributed by atoms with Crippen LogP contribution in [0.4, 0.5) is 0 Å². The van der Waals surface area contributed by atoms with Crippen LogP contribution in [-0.2, 0) is 38.0 Å². The fourth-order valence-corrected chi connectivity index (χ4v) is 5.94. The Balaban J connectivity index is 0.00000867. The molecule has 0 aromatic rings. The average molecular weight is 750 g/mol. The minimum Gasteiger partial charge on any atom is -1.00 e.